The number of thioether (sulfide) groups is 1. The number of fused-ring (bicyclic) bond motifs is 1. The molecule has 0 radical (unpaired) electrons. The van der Waals surface area contributed by atoms with Crippen molar-refractivity contribution in [2.75, 3.05) is 6.26 Å². The predicted molar refractivity (Wildman–Crippen MR) is 81.7 cm³/mol. The van der Waals surface area contributed by atoms with Crippen molar-refractivity contribution in [3.05, 3.63) is 34.3 Å². The van der Waals surface area contributed by atoms with E-state index in [9.17, 15) is 0 Å². The molecule has 0 bridgehead atoms. The van der Waals surface area contributed by atoms with Crippen LogP contribution in [0.15, 0.2) is 28.7 Å². The van der Waals surface area contributed by atoms with Crippen molar-refractivity contribution >= 4 is 51.7 Å². The van der Waals surface area contributed by atoms with Crippen LogP contribution in [0, 0.1) is 5.92 Å². The third-order valence-electron chi connectivity index (χ3n) is 3.44. The molecular formula is C11H15BrINS. The lowest BCUT2D eigenvalue weighted by Crippen LogP contribution is -1.98. The van der Waals surface area contributed by atoms with E-state index in [-0.39, 0.29) is 30.1 Å². The van der Waals surface area contributed by atoms with Crippen LogP contribution in [0.1, 0.15) is 17.9 Å². The van der Waals surface area contributed by atoms with E-state index in [1.54, 1.807) is 0 Å². The van der Waals surface area contributed by atoms with Crippen LogP contribution in [0.4, 0.5) is 0 Å². The predicted octanol–water partition coefficient (Wildman–Crippen LogP) is 4.45. The van der Waals surface area contributed by atoms with Crippen molar-refractivity contribution < 1.29 is 0 Å². The van der Waals surface area contributed by atoms with E-state index < -0.39 is 0 Å². The van der Waals surface area contributed by atoms with Crippen LogP contribution in [0.25, 0.3) is 0 Å². The fraction of sp³-hybridized carbons (Fsp3) is 0.455. The van der Waals surface area contributed by atoms with Crippen LogP contribution in [0.3, 0.4) is 0 Å². The summed E-state index contributed by atoms with van der Waals surface area (Å²) >= 11 is 5.53. The first kappa shape index (κ1) is 13.8. The van der Waals surface area contributed by atoms with Crippen molar-refractivity contribution in [2.45, 2.75) is 17.1 Å². The standard InChI is InChI=1S/C11H11BrS.HI.H3N/c1-13-11-6-9(11)10(11)7-2-4-8(12)5-3-7;;/h2-5,9-10H,6H2,1H3;1H;1H3. The van der Waals surface area contributed by atoms with Gasteiger partial charge in [-0.2, -0.15) is 11.8 Å². The molecule has 3 rings (SSSR count). The molecule has 0 saturated heterocycles. The van der Waals surface area contributed by atoms with E-state index in [0.717, 1.165) is 11.8 Å². The third-order valence-corrected chi connectivity index (χ3v) is 5.45. The van der Waals surface area contributed by atoms with Crippen LogP contribution in [0.5, 0.6) is 0 Å². The molecule has 0 amide bonds. The first-order valence-corrected chi connectivity index (χ1v) is 6.60. The highest BCUT2D eigenvalue weighted by Crippen LogP contribution is 2.82. The maximum Gasteiger partial charge on any atom is 0.0267 e. The Morgan fingerprint density at radius 1 is 1.33 bits per heavy atom. The lowest BCUT2D eigenvalue weighted by Gasteiger charge is -2.09. The van der Waals surface area contributed by atoms with Gasteiger partial charge in [0.1, 0.15) is 0 Å². The van der Waals surface area contributed by atoms with Gasteiger partial charge in [-0.15, -0.1) is 24.0 Å². The lowest BCUT2D eigenvalue weighted by atomic mass is 10.0. The molecule has 0 heterocycles. The highest BCUT2D eigenvalue weighted by atomic mass is 127. The molecule has 0 aromatic heterocycles. The minimum Gasteiger partial charge on any atom is -0.344 e. The Hall–Kier alpha value is 0.740. The summed E-state index contributed by atoms with van der Waals surface area (Å²) in [6.45, 7) is 0. The van der Waals surface area contributed by atoms with Crippen LogP contribution in [-0.4, -0.2) is 11.0 Å². The molecule has 1 nitrogen and oxygen atoms in total. The minimum absolute atomic E-state index is 0. The van der Waals surface area contributed by atoms with Crippen molar-refractivity contribution in [1.29, 1.82) is 0 Å². The summed E-state index contributed by atoms with van der Waals surface area (Å²) in [5.74, 6) is 1.87. The van der Waals surface area contributed by atoms with Gasteiger partial charge < -0.3 is 6.15 Å². The maximum absolute atomic E-state index is 3.47. The smallest absolute Gasteiger partial charge is 0.0267 e. The number of rotatable bonds is 2. The van der Waals surface area contributed by atoms with Crippen LogP contribution in [0.2, 0.25) is 0 Å². The van der Waals surface area contributed by atoms with Gasteiger partial charge in [0.15, 0.2) is 0 Å². The van der Waals surface area contributed by atoms with Crippen LogP contribution < -0.4 is 6.15 Å². The Morgan fingerprint density at radius 2 is 1.93 bits per heavy atom. The quantitative estimate of drug-likeness (QED) is 0.745. The summed E-state index contributed by atoms with van der Waals surface area (Å²) < 4.78 is 1.86. The number of hydrogen-bond acceptors (Lipinski definition) is 2. The minimum atomic E-state index is 0. The van der Waals surface area contributed by atoms with E-state index >= 15 is 0 Å². The van der Waals surface area contributed by atoms with E-state index in [1.807, 2.05) is 0 Å². The van der Waals surface area contributed by atoms with Gasteiger partial charge in [-0.3, -0.25) is 0 Å². The number of hydrogen-bond donors (Lipinski definition) is 1. The zero-order valence-corrected chi connectivity index (χ0v) is 13.3. The molecule has 3 N–H and O–H groups in total. The lowest BCUT2D eigenvalue weighted by molar-refractivity contribution is 0.798. The second kappa shape index (κ2) is 4.55. The van der Waals surface area contributed by atoms with Crippen molar-refractivity contribution in [3.63, 3.8) is 0 Å². The van der Waals surface area contributed by atoms with E-state index in [4.69, 9.17) is 0 Å². The molecular weight excluding hydrogens is 385 g/mol. The van der Waals surface area contributed by atoms with Crippen molar-refractivity contribution in [1.82, 2.24) is 6.15 Å². The maximum atomic E-state index is 3.47. The average molecular weight is 400 g/mol. The monoisotopic (exact) mass is 399 g/mol. The molecule has 4 heteroatoms. The normalized spacial score (nSPS) is 34.5. The molecule has 0 aliphatic heterocycles. The molecule has 84 valence electrons. The van der Waals surface area contributed by atoms with Gasteiger partial charge in [0.25, 0.3) is 0 Å². The molecule has 2 saturated carbocycles. The zero-order valence-electron chi connectivity index (χ0n) is 8.57. The van der Waals surface area contributed by atoms with Crippen LogP contribution in [-0.2, 0) is 0 Å². The Balaban J connectivity index is 0.000000562. The van der Waals surface area contributed by atoms with E-state index in [1.165, 1.54) is 16.5 Å². The van der Waals surface area contributed by atoms with Crippen LogP contribution >= 0.6 is 51.7 Å². The van der Waals surface area contributed by atoms with Crippen molar-refractivity contribution in [3.8, 4) is 0 Å². The summed E-state index contributed by atoms with van der Waals surface area (Å²) in [5, 5.41) is 0. The van der Waals surface area contributed by atoms with E-state index in [2.05, 4.69) is 58.2 Å². The number of benzene rings is 1. The average Bonchev–Trinajstić information content (AvgIpc) is 2.96. The molecule has 0 spiro atoms. The Labute approximate surface area is 121 Å². The summed E-state index contributed by atoms with van der Waals surface area (Å²) in [4.78, 5) is 0. The molecule has 2 aliphatic rings. The summed E-state index contributed by atoms with van der Waals surface area (Å²) in [6.07, 6.45) is 3.70. The van der Waals surface area contributed by atoms with Gasteiger partial charge in [0.05, 0.1) is 0 Å². The van der Waals surface area contributed by atoms with E-state index in [0.29, 0.717) is 4.75 Å². The van der Waals surface area contributed by atoms with Gasteiger partial charge >= 0.3 is 0 Å². The third kappa shape index (κ3) is 1.98. The zero-order chi connectivity index (χ0) is 9.05. The first-order valence-electron chi connectivity index (χ1n) is 4.58. The molecule has 1 aromatic carbocycles. The Bertz CT molecular complexity index is 356. The fourth-order valence-electron chi connectivity index (χ4n) is 2.41. The Morgan fingerprint density at radius 3 is 2.33 bits per heavy atom. The summed E-state index contributed by atoms with van der Waals surface area (Å²) in [6, 6.07) is 8.83. The highest BCUT2D eigenvalue weighted by molar-refractivity contribution is 14.0. The van der Waals surface area contributed by atoms with Gasteiger partial charge in [-0.1, -0.05) is 28.1 Å². The molecule has 3 atom stereocenters. The SMILES string of the molecule is CSC12CC1C2c1ccc(Br)cc1.I.N. The summed E-state index contributed by atoms with van der Waals surface area (Å²) in [5.41, 5.74) is 1.54. The van der Waals surface area contributed by atoms with Crippen molar-refractivity contribution in [2.24, 2.45) is 5.92 Å². The second-order valence-electron chi connectivity index (χ2n) is 4.00. The molecule has 15 heavy (non-hydrogen) atoms. The second-order valence-corrected chi connectivity index (χ2v) is 6.08. The largest absolute Gasteiger partial charge is 0.344 e. The Kier molecular flexibility index (Phi) is 4.18. The number of halogens is 2. The topological polar surface area (TPSA) is 35.0 Å². The molecule has 2 fully saturated rings. The summed E-state index contributed by atoms with van der Waals surface area (Å²) in [7, 11) is 0. The molecule has 3 unspecified atom stereocenters. The molecule has 1 aromatic rings. The highest BCUT2D eigenvalue weighted by Gasteiger charge is 2.78. The van der Waals surface area contributed by atoms with Gasteiger partial charge in [-0.05, 0) is 36.3 Å². The first-order chi connectivity index (χ1) is 6.28. The van der Waals surface area contributed by atoms with Gasteiger partial charge in [0.2, 0.25) is 0 Å². The molecule has 2 aliphatic carbocycles. The fourth-order valence-corrected chi connectivity index (χ4v) is 3.94. The van der Waals surface area contributed by atoms with Gasteiger partial charge in [0, 0.05) is 15.1 Å². The van der Waals surface area contributed by atoms with Gasteiger partial charge in [-0.25, -0.2) is 0 Å².